The van der Waals surface area contributed by atoms with Crippen molar-refractivity contribution in [3.05, 3.63) is 59.1 Å². The van der Waals surface area contributed by atoms with E-state index in [1.807, 2.05) is 46.0 Å². The summed E-state index contributed by atoms with van der Waals surface area (Å²) in [6.45, 7) is 12.0. The first-order valence-corrected chi connectivity index (χ1v) is 14.0. The van der Waals surface area contributed by atoms with Crippen LogP contribution in [0.2, 0.25) is 0 Å². The molecule has 1 aromatic rings. The van der Waals surface area contributed by atoms with Gasteiger partial charge in [-0.1, -0.05) is 26.0 Å². The Balaban J connectivity index is 0.00000148. The van der Waals surface area contributed by atoms with Gasteiger partial charge in [-0.25, -0.2) is 0 Å². The van der Waals surface area contributed by atoms with Gasteiger partial charge in [-0.15, -0.1) is 0 Å². The Morgan fingerprint density at radius 3 is 2.56 bits per heavy atom. The fraction of sp³-hybridized carbons (Fsp3) is 0.600. The standard InChI is InChI=1S/C28H37N3O3.C2H6/c1-3-31(4-2)27(32)23-12-11-21(18-30-23)22-17-28(13-15-29-16-14-28)34-25-8-6-5-7-24(26(22)25)33-19-20-9-10-20;1-2/h5,7,11-12,17-18,20,25,29H,3-4,6,8-10,13-16,19H2,1-2H3;1-2H3. The highest BCUT2D eigenvalue weighted by Gasteiger charge is 2.42. The summed E-state index contributed by atoms with van der Waals surface area (Å²) < 4.78 is 13.2. The number of pyridine rings is 1. The molecule has 5 rings (SSSR count). The Morgan fingerprint density at radius 2 is 1.92 bits per heavy atom. The average Bonchev–Trinajstić information content (AvgIpc) is 3.77. The molecule has 1 N–H and O–H groups in total. The van der Waals surface area contributed by atoms with Gasteiger partial charge in [0.25, 0.3) is 5.91 Å². The zero-order chi connectivity index (χ0) is 25.5. The van der Waals surface area contributed by atoms with Gasteiger partial charge in [0.1, 0.15) is 11.5 Å². The van der Waals surface area contributed by atoms with Crippen LogP contribution in [-0.4, -0.2) is 60.3 Å². The Labute approximate surface area is 216 Å². The molecule has 196 valence electrons. The number of ether oxygens (including phenoxy) is 2. The number of hydrogen-bond donors (Lipinski definition) is 1. The number of aromatic nitrogens is 1. The fourth-order valence-corrected chi connectivity index (χ4v) is 5.23. The monoisotopic (exact) mass is 493 g/mol. The number of hydrogen-bond acceptors (Lipinski definition) is 5. The van der Waals surface area contributed by atoms with E-state index in [4.69, 9.17) is 9.47 Å². The van der Waals surface area contributed by atoms with Gasteiger partial charge in [-0.2, -0.15) is 0 Å². The zero-order valence-corrected chi connectivity index (χ0v) is 22.5. The van der Waals surface area contributed by atoms with Crippen molar-refractivity contribution >= 4 is 11.5 Å². The molecule has 1 saturated heterocycles. The molecule has 2 aliphatic carbocycles. The fourth-order valence-electron chi connectivity index (χ4n) is 5.23. The van der Waals surface area contributed by atoms with Crippen molar-refractivity contribution < 1.29 is 14.3 Å². The molecule has 2 fully saturated rings. The largest absolute Gasteiger partial charge is 0.493 e. The van der Waals surface area contributed by atoms with Gasteiger partial charge in [0.15, 0.2) is 0 Å². The molecule has 1 unspecified atom stereocenters. The number of piperidine rings is 1. The smallest absolute Gasteiger partial charge is 0.272 e. The first kappa shape index (κ1) is 26.6. The summed E-state index contributed by atoms with van der Waals surface area (Å²) in [4.78, 5) is 19.2. The van der Waals surface area contributed by atoms with Crippen LogP contribution >= 0.6 is 0 Å². The van der Waals surface area contributed by atoms with E-state index in [0.29, 0.717) is 24.7 Å². The second-order valence-electron chi connectivity index (χ2n) is 9.90. The summed E-state index contributed by atoms with van der Waals surface area (Å²) in [5.74, 6) is 1.60. The highest BCUT2D eigenvalue weighted by Crippen LogP contribution is 2.45. The van der Waals surface area contributed by atoms with Gasteiger partial charge in [-0.3, -0.25) is 9.78 Å². The third-order valence-electron chi connectivity index (χ3n) is 7.49. The van der Waals surface area contributed by atoms with Gasteiger partial charge in [0.05, 0.1) is 18.3 Å². The van der Waals surface area contributed by atoms with E-state index < -0.39 is 0 Å². The van der Waals surface area contributed by atoms with E-state index >= 15 is 0 Å². The number of nitrogens with zero attached hydrogens (tertiary/aromatic N) is 2. The normalized spacial score (nSPS) is 22.7. The molecular formula is C30H43N3O3. The van der Waals surface area contributed by atoms with Crippen LogP contribution in [0, 0.1) is 5.92 Å². The Hall–Kier alpha value is -2.44. The molecule has 1 amide bonds. The van der Waals surface area contributed by atoms with E-state index in [2.05, 4.69) is 28.5 Å². The topological polar surface area (TPSA) is 63.7 Å². The summed E-state index contributed by atoms with van der Waals surface area (Å²) in [7, 11) is 0. The molecule has 1 atom stereocenters. The molecule has 4 aliphatic rings. The van der Waals surface area contributed by atoms with Crippen LogP contribution in [0.25, 0.3) is 5.57 Å². The number of nitrogens with one attached hydrogen (secondary N) is 1. The van der Waals surface area contributed by atoms with Crippen molar-refractivity contribution in [2.45, 2.75) is 77.9 Å². The average molecular weight is 494 g/mol. The van der Waals surface area contributed by atoms with E-state index in [1.165, 1.54) is 12.8 Å². The Kier molecular flexibility index (Phi) is 9.02. The number of amides is 1. The van der Waals surface area contributed by atoms with Crippen molar-refractivity contribution in [2.75, 3.05) is 32.8 Å². The lowest BCUT2D eigenvalue weighted by Crippen LogP contribution is -2.47. The molecule has 0 aromatic carbocycles. The minimum absolute atomic E-state index is 0.000661. The maximum absolute atomic E-state index is 12.8. The first-order chi connectivity index (χ1) is 17.6. The van der Waals surface area contributed by atoms with E-state index in [0.717, 1.165) is 67.8 Å². The second kappa shape index (κ2) is 12.2. The molecule has 1 aromatic heterocycles. The third-order valence-corrected chi connectivity index (χ3v) is 7.49. The van der Waals surface area contributed by atoms with Gasteiger partial charge in [0.2, 0.25) is 0 Å². The molecule has 36 heavy (non-hydrogen) atoms. The minimum atomic E-state index is -0.267. The summed E-state index contributed by atoms with van der Waals surface area (Å²) in [6, 6.07) is 3.92. The van der Waals surface area contributed by atoms with Crippen LogP contribution in [0.1, 0.15) is 82.3 Å². The number of fused-ring (bicyclic) bond motifs is 1. The van der Waals surface area contributed by atoms with Crippen molar-refractivity contribution in [3.8, 4) is 0 Å². The molecule has 0 bridgehead atoms. The van der Waals surface area contributed by atoms with E-state index in [9.17, 15) is 4.79 Å². The number of carbonyl (C=O) groups is 1. The molecule has 6 nitrogen and oxygen atoms in total. The van der Waals surface area contributed by atoms with Gasteiger partial charge in [0, 0.05) is 30.4 Å². The molecule has 1 spiro atoms. The predicted octanol–water partition coefficient (Wildman–Crippen LogP) is 5.52. The van der Waals surface area contributed by atoms with Gasteiger partial charge in [-0.05, 0) is 95.2 Å². The van der Waals surface area contributed by atoms with Crippen LogP contribution in [0.5, 0.6) is 0 Å². The Morgan fingerprint density at radius 1 is 1.17 bits per heavy atom. The maximum Gasteiger partial charge on any atom is 0.272 e. The highest BCUT2D eigenvalue weighted by atomic mass is 16.5. The molecule has 6 heteroatoms. The maximum atomic E-state index is 12.8. The lowest BCUT2D eigenvalue weighted by Gasteiger charge is -2.43. The van der Waals surface area contributed by atoms with Crippen molar-refractivity contribution in [2.24, 2.45) is 5.92 Å². The Bertz CT molecular complexity index is 981. The van der Waals surface area contributed by atoms with Gasteiger partial charge < -0.3 is 19.7 Å². The molecular weight excluding hydrogens is 450 g/mol. The molecule has 1 saturated carbocycles. The van der Waals surface area contributed by atoms with E-state index in [-0.39, 0.29) is 17.6 Å². The summed E-state index contributed by atoms with van der Waals surface area (Å²) >= 11 is 0. The summed E-state index contributed by atoms with van der Waals surface area (Å²) in [6.07, 6.45) is 14.9. The second-order valence-corrected chi connectivity index (χ2v) is 9.90. The van der Waals surface area contributed by atoms with Crippen molar-refractivity contribution in [1.29, 1.82) is 0 Å². The highest BCUT2D eigenvalue weighted by molar-refractivity contribution is 5.93. The quantitative estimate of drug-likeness (QED) is 0.541. The SMILES string of the molecule is CC.CCN(CC)C(=O)c1ccc(C2=CC3(CCNCC3)OC3CCC=CC(OCC4CC4)=C23)cn1. The first-order valence-electron chi connectivity index (χ1n) is 14.0. The van der Waals surface area contributed by atoms with Crippen molar-refractivity contribution in [1.82, 2.24) is 15.2 Å². The molecule has 3 heterocycles. The number of carbonyl (C=O) groups excluding carboxylic acids is 1. The summed E-state index contributed by atoms with van der Waals surface area (Å²) in [5, 5.41) is 3.47. The predicted molar refractivity (Wildman–Crippen MR) is 145 cm³/mol. The lowest BCUT2D eigenvalue weighted by atomic mass is 9.80. The third kappa shape index (κ3) is 5.92. The number of allylic oxidation sites excluding steroid dienone is 2. The minimum Gasteiger partial charge on any atom is -0.493 e. The van der Waals surface area contributed by atoms with Crippen LogP contribution in [0.4, 0.5) is 0 Å². The number of rotatable bonds is 7. The zero-order valence-electron chi connectivity index (χ0n) is 22.5. The summed E-state index contributed by atoms with van der Waals surface area (Å²) in [5.41, 5.74) is 3.55. The van der Waals surface area contributed by atoms with E-state index in [1.54, 1.807) is 4.90 Å². The van der Waals surface area contributed by atoms with Crippen LogP contribution in [-0.2, 0) is 9.47 Å². The molecule has 0 radical (unpaired) electrons. The van der Waals surface area contributed by atoms with Crippen LogP contribution in [0.15, 0.2) is 47.9 Å². The molecule has 2 aliphatic heterocycles. The lowest BCUT2D eigenvalue weighted by molar-refractivity contribution is -0.0704. The van der Waals surface area contributed by atoms with Crippen molar-refractivity contribution in [3.63, 3.8) is 0 Å². The van der Waals surface area contributed by atoms with Crippen LogP contribution in [0.3, 0.4) is 0 Å². The van der Waals surface area contributed by atoms with Gasteiger partial charge >= 0.3 is 0 Å². The van der Waals surface area contributed by atoms with Crippen LogP contribution < -0.4 is 5.32 Å².